The summed E-state index contributed by atoms with van der Waals surface area (Å²) in [5, 5.41) is 1.53. The Morgan fingerprint density at radius 3 is 2.55 bits per heavy atom. The highest BCUT2D eigenvalue weighted by Crippen LogP contribution is 2.31. The third kappa shape index (κ3) is 4.53. The predicted molar refractivity (Wildman–Crippen MR) is 74.9 cm³/mol. The molecular weight excluding hydrogens is 305 g/mol. The van der Waals surface area contributed by atoms with Gasteiger partial charge in [-0.25, -0.2) is 17.5 Å². The number of alkyl halides is 1. The maximum atomic E-state index is 13.0. The van der Waals surface area contributed by atoms with Crippen molar-refractivity contribution >= 4 is 27.3 Å². The number of ether oxygens (including phenoxy) is 1. The molecule has 0 fully saturated rings. The Labute approximate surface area is 122 Å². The first-order valence-corrected chi connectivity index (χ1v) is 8.27. The van der Waals surface area contributed by atoms with E-state index in [1.165, 1.54) is 11.4 Å². The van der Waals surface area contributed by atoms with E-state index in [0.717, 1.165) is 18.3 Å². The largest absolute Gasteiger partial charge is 0.454 e. The summed E-state index contributed by atoms with van der Waals surface area (Å²) in [5.41, 5.74) is -0.662. The van der Waals surface area contributed by atoms with Gasteiger partial charge in [0.2, 0.25) is 10.0 Å². The average Bonchev–Trinajstić information content (AvgIpc) is 2.71. The Bertz CT molecular complexity index is 575. The van der Waals surface area contributed by atoms with Gasteiger partial charge in [-0.15, -0.1) is 11.3 Å². The average molecular weight is 323 g/mol. The van der Waals surface area contributed by atoms with E-state index >= 15 is 0 Å². The molecule has 0 saturated heterocycles. The van der Waals surface area contributed by atoms with Crippen LogP contribution in [0.2, 0.25) is 0 Å². The molecule has 0 aliphatic carbocycles. The molecule has 1 rings (SSSR count). The summed E-state index contributed by atoms with van der Waals surface area (Å²) in [6, 6.07) is 1.38. The number of halogens is 1. The number of nitrogens with one attached hydrogen (secondary N) is 1. The number of carbonyl (C=O) groups is 1. The van der Waals surface area contributed by atoms with Crippen molar-refractivity contribution in [3.05, 3.63) is 16.3 Å². The van der Waals surface area contributed by atoms with Gasteiger partial charge < -0.3 is 4.74 Å². The summed E-state index contributed by atoms with van der Waals surface area (Å²) in [5.74, 6) is -0.659. The second-order valence-electron chi connectivity index (χ2n) is 5.26. The van der Waals surface area contributed by atoms with E-state index in [1.807, 2.05) is 0 Å². The molecular formula is C12H18FNO4S2. The lowest BCUT2D eigenvalue weighted by Crippen LogP contribution is -2.40. The first-order valence-electron chi connectivity index (χ1n) is 5.91. The maximum Gasteiger partial charge on any atom is 0.303 e. The molecule has 0 spiro atoms. The number of hydrogen-bond acceptors (Lipinski definition) is 5. The molecule has 0 aliphatic heterocycles. The Morgan fingerprint density at radius 2 is 2.10 bits per heavy atom. The lowest BCUT2D eigenvalue weighted by atomic mass is 10.1. The lowest BCUT2D eigenvalue weighted by molar-refractivity contribution is -0.147. The number of rotatable bonds is 5. The molecule has 20 heavy (non-hydrogen) atoms. The molecule has 1 N–H and O–H groups in total. The topological polar surface area (TPSA) is 72.5 Å². The van der Waals surface area contributed by atoms with Crippen molar-refractivity contribution in [2.45, 2.75) is 44.2 Å². The molecule has 0 bridgehead atoms. The fourth-order valence-electron chi connectivity index (χ4n) is 1.58. The van der Waals surface area contributed by atoms with Gasteiger partial charge in [-0.1, -0.05) is 0 Å². The monoisotopic (exact) mass is 323 g/mol. The van der Waals surface area contributed by atoms with Crippen LogP contribution < -0.4 is 4.72 Å². The molecule has 114 valence electrons. The highest BCUT2D eigenvalue weighted by molar-refractivity contribution is 7.89. The number of sulfonamides is 1. The maximum absolute atomic E-state index is 13.0. The van der Waals surface area contributed by atoms with Crippen molar-refractivity contribution in [1.82, 2.24) is 4.72 Å². The fourth-order valence-corrected chi connectivity index (χ4v) is 4.50. The molecule has 0 radical (unpaired) electrons. The molecule has 1 atom stereocenters. The highest BCUT2D eigenvalue weighted by Gasteiger charge is 2.29. The minimum absolute atomic E-state index is 0.0543. The minimum atomic E-state index is -3.79. The molecule has 8 heteroatoms. The van der Waals surface area contributed by atoms with E-state index in [-0.39, 0.29) is 9.77 Å². The second-order valence-corrected chi connectivity index (χ2v) is 7.86. The standard InChI is InChI=1S/C12H18FNO4S2/c1-8(15)18-9(7-13)11-10(5-6-19-11)20(16,17)14-12(2,3)4/h5-6,9,14H,7H2,1-4H3. The minimum Gasteiger partial charge on any atom is -0.454 e. The summed E-state index contributed by atoms with van der Waals surface area (Å²) >= 11 is 1.04. The van der Waals surface area contributed by atoms with E-state index in [1.54, 1.807) is 20.8 Å². The van der Waals surface area contributed by atoms with Crippen molar-refractivity contribution in [1.29, 1.82) is 0 Å². The smallest absolute Gasteiger partial charge is 0.303 e. The summed E-state index contributed by atoms with van der Waals surface area (Å²) in [4.78, 5) is 11.1. The van der Waals surface area contributed by atoms with Crippen LogP contribution in [0.3, 0.4) is 0 Å². The summed E-state index contributed by atoms with van der Waals surface area (Å²) in [6.07, 6.45) is -1.20. The summed E-state index contributed by atoms with van der Waals surface area (Å²) in [6.45, 7) is 5.29. The van der Waals surface area contributed by atoms with E-state index in [2.05, 4.69) is 4.72 Å². The molecule has 1 aromatic rings. The summed E-state index contributed by atoms with van der Waals surface area (Å²) < 4.78 is 44.8. The van der Waals surface area contributed by atoms with Gasteiger partial charge in [-0.2, -0.15) is 0 Å². The van der Waals surface area contributed by atoms with Crippen LogP contribution in [0.25, 0.3) is 0 Å². The van der Waals surface area contributed by atoms with E-state index in [4.69, 9.17) is 4.74 Å². The van der Waals surface area contributed by atoms with Gasteiger partial charge in [-0.05, 0) is 32.2 Å². The lowest BCUT2D eigenvalue weighted by Gasteiger charge is -2.21. The van der Waals surface area contributed by atoms with Crippen molar-refractivity contribution in [3.63, 3.8) is 0 Å². The summed E-state index contributed by atoms with van der Waals surface area (Å²) in [7, 11) is -3.79. The van der Waals surface area contributed by atoms with E-state index in [0.29, 0.717) is 0 Å². The fraction of sp³-hybridized carbons (Fsp3) is 0.583. The first-order chi connectivity index (χ1) is 9.07. The Hall–Kier alpha value is -0.990. The number of thiophene rings is 1. The quantitative estimate of drug-likeness (QED) is 0.845. The third-order valence-electron chi connectivity index (χ3n) is 2.13. The molecule has 1 aromatic heterocycles. The third-order valence-corrected chi connectivity index (χ3v) is 5.08. The van der Waals surface area contributed by atoms with Crippen molar-refractivity contribution < 1.29 is 22.3 Å². The molecule has 0 amide bonds. The van der Waals surface area contributed by atoms with E-state index in [9.17, 15) is 17.6 Å². The number of hydrogen-bond donors (Lipinski definition) is 1. The van der Waals surface area contributed by atoms with Crippen LogP contribution in [0.15, 0.2) is 16.3 Å². The van der Waals surface area contributed by atoms with Gasteiger partial charge in [-0.3, -0.25) is 4.79 Å². The first kappa shape index (κ1) is 17.1. The van der Waals surface area contributed by atoms with Crippen LogP contribution >= 0.6 is 11.3 Å². The zero-order chi connectivity index (χ0) is 15.6. The second kappa shape index (κ2) is 6.19. The van der Waals surface area contributed by atoms with E-state index < -0.39 is 34.3 Å². The molecule has 1 unspecified atom stereocenters. The van der Waals surface area contributed by atoms with Gasteiger partial charge in [0.1, 0.15) is 6.67 Å². The van der Waals surface area contributed by atoms with Crippen LogP contribution in [0.1, 0.15) is 38.7 Å². The number of carbonyl (C=O) groups excluding carboxylic acids is 1. The van der Waals surface area contributed by atoms with Crippen molar-refractivity contribution in [2.75, 3.05) is 6.67 Å². The molecule has 0 aromatic carbocycles. The molecule has 0 aliphatic rings. The van der Waals surface area contributed by atoms with Gasteiger partial charge >= 0.3 is 5.97 Å². The SMILES string of the molecule is CC(=O)OC(CF)c1sccc1S(=O)(=O)NC(C)(C)C. The van der Waals surface area contributed by atoms with Crippen LogP contribution in [0.5, 0.6) is 0 Å². The zero-order valence-electron chi connectivity index (χ0n) is 11.8. The van der Waals surface area contributed by atoms with Crippen LogP contribution in [0, 0.1) is 0 Å². The highest BCUT2D eigenvalue weighted by atomic mass is 32.2. The normalized spacial score (nSPS) is 14.1. The van der Waals surface area contributed by atoms with Gasteiger partial charge in [0, 0.05) is 12.5 Å². The van der Waals surface area contributed by atoms with Crippen LogP contribution in [-0.4, -0.2) is 26.6 Å². The van der Waals surface area contributed by atoms with Gasteiger partial charge in [0.05, 0.1) is 9.77 Å². The van der Waals surface area contributed by atoms with Gasteiger partial charge in [0.15, 0.2) is 6.10 Å². The Kier molecular flexibility index (Phi) is 5.28. The zero-order valence-corrected chi connectivity index (χ0v) is 13.4. The Balaban J connectivity index is 3.16. The van der Waals surface area contributed by atoms with Crippen LogP contribution in [0.4, 0.5) is 4.39 Å². The number of esters is 1. The van der Waals surface area contributed by atoms with Crippen molar-refractivity contribution in [2.24, 2.45) is 0 Å². The predicted octanol–water partition coefficient (Wildman–Crippen LogP) is 2.40. The molecule has 5 nitrogen and oxygen atoms in total. The van der Waals surface area contributed by atoms with Crippen molar-refractivity contribution in [3.8, 4) is 0 Å². The van der Waals surface area contributed by atoms with Crippen LogP contribution in [-0.2, 0) is 19.6 Å². The molecule has 1 heterocycles. The molecule has 0 saturated carbocycles. The Morgan fingerprint density at radius 1 is 1.50 bits per heavy atom. The van der Waals surface area contributed by atoms with Gasteiger partial charge in [0.25, 0.3) is 0 Å².